The molecule has 0 aromatic carbocycles. The summed E-state index contributed by atoms with van der Waals surface area (Å²) in [5, 5.41) is 3.05. The third-order valence-electron chi connectivity index (χ3n) is 14.0. The molecule has 0 fully saturated rings. The molecule has 0 aliphatic carbocycles. The molecule has 0 heterocycles. The number of quaternary nitrogens is 1. The standard InChI is InChI=1S/C64H121N2O7P/c1-7-10-13-16-19-22-25-28-29-30-31-32-33-34-35-36-37-39-42-45-48-51-54-57-64(68)73-62(55-52-49-46-43-40-27-24-21-18-15-12-9-3)61(60-72-74(69,70)71-59-58-66(4,5)6)65-63(67)56-53-50-47-44-41-38-26-23-20-17-14-11-8-2/h19,22,28-29,38,41,52,55,61-62H,7-18,20-21,23-27,30-37,39-40,42-51,53-54,56-60H2,1-6H3,(H-,65,67,69,70)/p+1/b22-19-,29-28-,41-38-,55-52-. The van der Waals surface area contributed by atoms with Crippen molar-refractivity contribution in [3.8, 4) is 0 Å². The molecule has 0 aromatic rings. The lowest BCUT2D eigenvalue weighted by Crippen LogP contribution is -2.47. The minimum absolute atomic E-state index is 0.0382. The predicted molar refractivity (Wildman–Crippen MR) is 319 cm³/mol. The number of esters is 1. The summed E-state index contributed by atoms with van der Waals surface area (Å²) >= 11 is 0. The highest BCUT2D eigenvalue weighted by Crippen LogP contribution is 2.43. The first-order valence-corrected chi connectivity index (χ1v) is 33.0. The van der Waals surface area contributed by atoms with Gasteiger partial charge in [0.1, 0.15) is 19.3 Å². The molecule has 3 atom stereocenters. The van der Waals surface area contributed by atoms with Gasteiger partial charge in [0.15, 0.2) is 0 Å². The Hall–Kier alpha value is -2.03. The summed E-state index contributed by atoms with van der Waals surface area (Å²) in [7, 11) is 1.49. The summed E-state index contributed by atoms with van der Waals surface area (Å²) in [5.74, 6) is -0.516. The van der Waals surface area contributed by atoms with Gasteiger partial charge in [0, 0.05) is 12.8 Å². The molecular formula is C64H122N2O7P+. The molecule has 0 rings (SSSR count). The van der Waals surface area contributed by atoms with E-state index in [4.69, 9.17) is 13.8 Å². The Kier molecular flexibility index (Phi) is 52.8. The quantitative estimate of drug-likeness (QED) is 0.0205. The fourth-order valence-electron chi connectivity index (χ4n) is 9.08. The summed E-state index contributed by atoms with van der Waals surface area (Å²) in [4.78, 5) is 37.7. The molecule has 0 radical (unpaired) electrons. The SMILES string of the molecule is CCCCC/C=C\C/C=C\CCCCCCCCCCCCCCCC(=O)OC(/C=C\CCCCCCCCCCCC)C(COP(=O)(O)OCC[N+](C)(C)C)NC(=O)CCCCC/C=C\CCCCCCCC. The van der Waals surface area contributed by atoms with Crippen LogP contribution in [0.4, 0.5) is 0 Å². The Morgan fingerprint density at radius 3 is 1.27 bits per heavy atom. The van der Waals surface area contributed by atoms with Gasteiger partial charge in [0.2, 0.25) is 5.91 Å². The van der Waals surface area contributed by atoms with E-state index in [9.17, 15) is 19.0 Å². The zero-order valence-corrected chi connectivity index (χ0v) is 50.5. The van der Waals surface area contributed by atoms with Gasteiger partial charge in [-0.1, -0.05) is 243 Å². The second kappa shape index (κ2) is 54.3. The first-order chi connectivity index (χ1) is 35.9. The van der Waals surface area contributed by atoms with Crippen molar-refractivity contribution >= 4 is 19.7 Å². The number of hydrogen-bond acceptors (Lipinski definition) is 6. The van der Waals surface area contributed by atoms with Gasteiger partial charge in [-0.2, -0.15) is 0 Å². The highest BCUT2D eigenvalue weighted by atomic mass is 31.2. The zero-order valence-electron chi connectivity index (χ0n) is 49.6. The van der Waals surface area contributed by atoms with Gasteiger partial charge >= 0.3 is 13.8 Å². The Morgan fingerprint density at radius 2 is 0.824 bits per heavy atom. The summed E-state index contributed by atoms with van der Waals surface area (Å²) in [6.07, 6.45) is 66.8. The van der Waals surface area contributed by atoms with Crippen molar-refractivity contribution in [2.75, 3.05) is 40.9 Å². The van der Waals surface area contributed by atoms with E-state index in [0.29, 0.717) is 17.4 Å². The summed E-state index contributed by atoms with van der Waals surface area (Å²) in [5.41, 5.74) is 0. The third-order valence-corrected chi connectivity index (χ3v) is 15.0. The van der Waals surface area contributed by atoms with Crippen molar-refractivity contribution in [2.45, 2.75) is 309 Å². The second-order valence-corrected chi connectivity index (χ2v) is 24.0. The molecule has 3 unspecified atom stereocenters. The van der Waals surface area contributed by atoms with Crippen molar-refractivity contribution in [3.05, 3.63) is 48.6 Å². The van der Waals surface area contributed by atoms with E-state index in [1.54, 1.807) is 0 Å². The number of unbranched alkanes of at least 4 members (excludes halogenated alkanes) is 35. The largest absolute Gasteiger partial charge is 0.472 e. The maximum atomic E-state index is 13.5. The first kappa shape index (κ1) is 72.0. The van der Waals surface area contributed by atoms with Crippen LogP contribution >= 0.6 is 7.82 Å². The molecule has 434 valence electrons. The minimum atomic E-state index is -4.45. The molecule has 0 bridgehead atoms. The van der Waals surface area contributed by atoms with Crippen LogP contribution in [0.3, 0.4) is 0 Å². The van der Waals surface area contributed by atoms with Crippen molar-refractivity contribution < 1.29 is 37.3 Å². The lowest BCUT2D eigenvalue weighted by atomic mass is 10.0. The van der Waals surface area contributed by atoms with E-state index < -0.39 is 20.0 Å². The van der Waals surface area contributed by atoms with Crippen molar-refractivity contribution in [3.63, 3.8) is 0 Å². The third kappa shape index (κ3) is 54.7. The number of carbonyl (C=O) groups excluding carboxylic acids is 2. The minimum Gasteiger partial charge on any atom is -0.456 e. The first-order valence-electron chi connectivity index (χ1n) is 31.5. The number of carbonyl (C=O) groups is 2. The molecule has 9 nitrogen and oxygen atoms in total. The van der Waals surface area contributed by atoms with Crippen LogP contribution in [0.15, 0.2) is 48.6 Å². The molecule has 1 amide bonds. The number of amides is 1. The maximum Gasteiger partial charge on any atom is 0.472 e. The zero-order chi connectivity index (χ0) is 54.3. The molecule has 10 heteroatoms. The van der Waals surface area contributed by atoms with Crippen LogP contribution in [0.5, 0.6) is 0 Å². The van der Waals surface area contributed by atoms with E-state index >= 15 is 0 Å². The van der Waals surface area contributed by atoms with Crippen molar-refractivity contribution in [2.24, 2.45) is 0 Å². The van der Waals surface area contributed by atoms with Crippen LogP contribution in [0, 0.1) is 0 Å². The van der Waals surface area contributed by atoms with Crippen LogP contribution in [0.25, 0.3) is 0 Å². The molecular weight excluding hydrogens is 940 g/mol. The van der Waals surface area contributed by atoms with E-state index in [0.717, 1.165) is 77.0 Å². The van der Waals surface area contributed by atoms with Crippen molar-refractivity contribution in [1.29, 1.82) is 0 Å². The Bertz CT molecular complexity index is 1410. The number of likely N-dealkylation sites (N-methyl/N-ethyl adjacent to an activating group) is 1. The number of nitrogens with one attached hydrogen (secondary N) is 1. The highest BCUT2D eigenvalue weighted by Gasteiger charge is 2.30. The molecule has 0 aromatic heterocycles. The number of phosphoric ester groups is 1. The number of rotatable bonds is 57. The molecule has 2 N–H and O–H groups in total. The van der Waals surface area contributed by atoms with E-state index in [2.05, 4.69) is 62.5 Å². The van der Waals surface area contributed by atoms with Gasteiger partial charge in [0.05, 0.1) is 33.8 Å². The number of hydrogen-bond donors (Lipinski definition) is 2. The number of phosphoric acid groups is 1. The Balaban J connectivity index is 5.15. The molecule has 0 saturated heterocycles. The van der Waals surface area contributed by atoms with Crippen LogP contribution in [-0.2, 0) is 27.9 Å². The smallest absolute Gasteiger partial charge is 0.456 e. The summed E-state index contributed by atoms with van der Waals surface area (Å²) in [6.45, 7) is 6.99. The summed E-state index contributed by atoms with van der Waals surface area (Å²) < 4.78 is 30.7. The van der Waals surface area contributed by atoms with Gasteiger partial charge in [-0.3, -0.25) is 18.6 Å². The molecule has 0 aliphatic heterocycles. The van der Waals surface area contributed by atoms with Crippen LogP contribution in [-0.4, -0.2) is 74.3 Å². The van der Waals surface area contributed by atoms with E-state index in [1.165, 1.54) is 186 Å². The van der Waals surface area contributed by atoms with Crippen LogP contribution < -0.4 is 5.32 Å². The molecule has 0 aliphatic rings. The van der Waals surface area contributed by atoms with Gasteiger partial charge < -0.3 is 19.4 Å². The van der Waals surface area contributed by atoms with Crippen molar-refractivity contribution in [1.82, 2.24) is 5.32 Å². The Morgan fingerprint density at radius 1 is 0.473 bits per heavy atom. The number of allylic oxidation sites excluding steroid dienone is 7. The predicted octanol–water partition coefficient (Wildman–Crippen LogP) is 19.3. The van der Waals surface area contributed by atoms with E-state index in [1.807, 2.05) is 33.3 Å². The highest BCUT2D eigenvalue weighted by molar-refractivity contribution is 7.47. The average molecular weight is 1060 g/mol. The van der Waals surface area contributed by atoms with Gasteiger partial charge in [-0.05, 0) is 89.5 Å². The summed E-state index contributed by atoms with van der Waals surface area (Å²) in [6, 6.07) is -0.854. The fraction of sp³-hybridized carbons (Fsp3) is 0.844. The average Bonchev–Trinajstić information content (AvgIpc) is 3.36. The topological polar surface area (TPSA) is 111 Å². The van der Waals surface area contributed by atoms with Crippen LogP contribution in [0.2, 0.25) is 0 Å². The van der Waals surface area contributed by atoms with Gasteiger partial charge in [0.25, 0.3) is 0 Å². The van der Waals surface area contributed by atoms with Gasteiger partial charge in [-0.15, -0.1) is 0 Å². The number of nitrogens with zero attached hydrogens (tertiary/aromatic N) is 1. The number of ether oxygens (including phenoxy) is 1. The van der Waals surface area contributed by atoms with Crippen LogP contribution in [0.1, 0.15) is 297 Å². The maximum absolute atomic E-state index is 13.5. The molecule has 0 saturated carbocycles. The van der Waals surface area contributed by atoms with E-state index in [-0.39, 0.29) is 31.5 Å². The lowest BCUT2D eigenvalue weighted by molar-refractivity contribution is -0.870. The Labute approximate surface area is 458 Å². The van der Waals surface area contributed by atoms with Gasteiger partial charge in [-0.25, -0.2) is 4.57 Å². The fourth-order valence-corrected chi connectivity index (χ4v) is 9.82. The molecule has 0 spiro atoms. The second-order valence-electron chi connectivity index (χ2n) is 22.6. The lowest BCUT2D eigenvalue weighted by Gasteiger charge is -2.27. The monoisotopic (exact) mass is 1060 g/mol. The normalized spacial score (nSPS) is 14.0. The molecule has 74 heavy (non-hydrogen) atoms.